The molecule has 2 aromatic carbocycles. The van der Waals surface area contributed by atoms with Crippen molar-refractivity contribution in [2.24, 2.45) is 0 Å². The van der Waals surface area contributed by atoms with E-state index < -0.39 is 0 Å². The molecule has 23 heavy (non-hydrogen) atoms. The summed E-state index contributed by atoms with van der Waals surface area (Å²) >= 11 is 0. The molecule has 0 fully saturated rings. The maximum atomic E-state index is 9.32. The molecule has 4 heteroatoms. The molecule has 0 radical (unpaired) electrons. The highest BCUT2D eigenvalue weighted by molar-refractivity contribution is 6.08. The lowest BCUT2D eigenvalue weighted by molar-refractivity contribution is -0.706. The van der Waals surface area contributed by atoms with E-state index in [-0.39, 0.29) is 19.0 Å². The Morgan fingerprint density at radius 2 is 1.78 bits per heavy atom. The molecule has 3 rings (SSSR count). The average Bonchev–Trinajstić information content (AvgIpc) is 2.89. The van der Waals surface area contributed by atoms with Crippen molar-refractivity contribution in [1.29, 1.82) is 0 Å². The van der Waals surface area contributed by atoms with Gasteiger partial charge in [0.05, 0.1) is 6.61 Å². The molecule has 0 bridgehead atoms. The lowest BCUT2D eigenvalue weighted by Crippen LogP contribution is -3.00. The minimum atomic E-state index is 0. The van der Waals surface area contributed by atoms with Crippen LogP contribution in [0.15, 0.2) is 42.5 Å². The molecule has 3 aromatic rings. The van der Waals surface area contributed by atoms with E-state index in [4.69, 9.17) is 0 Å². The number of aliphatic hydroxyl groups is 1. The fourth-order valence-electron chi connectivity index (χ4n) is 3.24. The first-order valence-corrected chi connectivity index (χ1v) is 8.22. The van der Waals surface area contributed by atoms with E-state index in [1.807, 2.05) is 0 Å². The summed E-state index contributed by atoms with van der Waals surface area (Å²) in [6.07, 6.45) is 0.994. The van der Waals surface area contributed by atoms with Crippen LogP contribution in [-0.4, -0.2) is 22.3 Å². The Labute approximate surface area is 143 Å². The van der Waals surface area contributed by atoms with Crippen molar-refractivity contribution in [3.8, 4) is 0 Å². The molecular formula is C19H25ClN2O. The zero-order valence-corrected chi connectivity index (χ0v) is 14.6. The fraction of sp³-hybridized carbons (Fsp3) is 0.368. The normalized spacial score (nSPS) is 12.5. The summed E-state index contributed by atoms with van der Waals surface area (Å²) in [4.78, 5) is 0. The molecule has 3 nitrogen and oxygen atoms in total. The van der Waals surface area contributed by atoms with Crippen molar-refractivity contribution < 1.29 is 22.8 Å². The number of nitrogens with zero attached hydrogens (tertiary/aromatic N) is 1. The highest BCUT2D eigenvalue weighted by Gasteiger charge is 2.11. The number of halogens is 1. The lowest BCUT2D eigenvalue weighted by atomic mass is 10.1. The van der Waals surface area contributed by atoms with Gasteiger partial charge in [0.1, 0.15) is 12.6 Å². The minimum absolute atomic E-state index is 0. The average molecular weight is 333 g/mol. The molecule has 1 aromatic heterocycles. The van der Waals surface area contributed by atoms with E-state index in [0.29, 0.717) is 6.04 Å². The number of fused-ring (bicyclic) bond motifs is 3. The molecule has 0 saturated heterocycles. The molecule has 1 unspecified atom stereocenters. The van der Waals surface area contributed by atoms with Gasteiger partial charge in [0.25, 0.3) is 0 Å². The molecule has 1 heterocycles. The predicted molar refractivity (Wildman–Crippen MR) is 91.9 cm³/mol. The number of para-hydroxylation sites is 1. The van der Waals surface area contributed by atoms with Gasteiger partial charge >= 0.3 is 0 Å². The Morgan fingerprint density at radius 1 is 1.04 bits per heavy atom. The number of rotatable bonds is 6. The molecule has 0 amide bonds. The third-order valence-electron chi connectivity index (χ3n) is 4.60. The number of hydrogen-bond donors (Lipinski definition) is 2. The van der Waals surface area contributed by atoms with Crippen molar-refractivity contribution in [3.63, 3.8) is 0 Å². The number of aliphatic hydroxyl groups excluding tert-OH is 1. The second-order valence-corrected chi connectivity index (χ2v) is 5.90. The Bertz CT molecular complexity index is 777. The second kappa shape index (κ2) is 7.82. The van der Waals surface area contributed by atoms with Crippen LogP contribution in [0, 0.1) is 0 Å². The summed E-state index contributed by atoms with van der Waals surface area (Å²) in [5.74, 6) is 0. The van der Waals surface area contributed by atoms with Gasteiger partial charge in [-0.1, -0.05) is 31.2 Å². The first-order chi connectivity index (χ1) is 10.8. The van der Waals surface area contributed by atoms with Crippen LogP contribution in [0.5, 0.6) is 0 Å². The number of aromatic nitrogens is 1. The van der Waals surface area contributed by atoms with Gasteiger partial charge in [-0.3, -0.25) is 0 Å². The van der Waals surface area contributed by atoms with Crippen molar-refractivity contribution in [2.75, 3.05) is 6.61 Å². The van der Waals surface area contributed by atoms with Gasteiger partial charge in [0, 0.05) is 33.9 Å². The molecule has 124 valence electrons. The molecule has 0 saturated carbocycles. The Morgan fingerprint density at radius 3 is 2.48 bits per heavy atom. The maximum Gasteiger partial charge on any atom is 0.109 e. The molecule has 0 aliphatic rings. The SMILES string of the molecule is CCC(CO)[NH2+]Cc1ccc2c(c1)c1ccccc1n2CC.[Cl-]. The van der Waals surface area contributed by atoms with Crippen LogP contribution in [0.1, 0.15) is 25.8 Å². The summed E-state index contributed by atoms with van der Waals surface area (Å²) in [6.45, 7) is 6.46. The summed E-state index contributed by atoms with van der Waals surface area (Å²) in [7, 11) is 0. The maximum absolute atomic E-state index is 9.32. The van der Waals surface area contributed by atoms with E-state index in [9.17, 15) is 5.11 Å². The lowest BCUT2D eigenvalue weighted by Gasteiger charge is -2.10. The van der Waals surface area contributed by atoms with E-state index in [1.54, 1.807) is 0 Å². The summed E-state index contributed by atoms with van der Waals surface area (Å²) in [5.41, 5.74) is 3.93. The molecule has 0 aliphatic carbocycles. The summed E-state index contributed by atoms with van der Waals surface area (Å²) in [5, 5.41) is 14.2. The van der Waals surface area contributed by atoms with E-state index in [1.165, 1.54) is 27.4 Å². The first-order valence-electron chi connectivity index (χ1n) is 8.22. The number of benzene rings is 2. The quantitative estimate of drug-likeness (QED) is 0.637. The van der Waals surface area contributed by atoms with Gasteiger partial charge in [0.15, 0.2) is 0 Å². The largest absolute Gasteiger partial charge is 1.00 e. The van der Waals surface area contributed by atoms with E-state index >= 15 is 0 Å². The van der Waals surface area contributed by atoms with Gasteiger partial charge in [-0.05, 0) is 31.5 Å². The van der Waals surface area contributed by atoms with Crippen LogP contribution in [0.4, 0.5) is 0 Å². The molecular weight excluding hydrogens is 308 g/mol. The smallest absolute Gasteiger partial charge is 0.109 e. The minimum Gasteiger partial charge on any atom is -1.00 e. The first kappa shape index (κ1) is 17.8. The van der Waals surface area contributed by atoms with Crippen molar-refractivity contribution >= 4 is 21.8 Å². The van der Waals surface area contributed by atoms with Crippen molar-refractivity contribution in [2.45, 2.75) is 39.4 Å². The van der Waals surface area contributed by atoms with Gasteiger partial charge < -0.3 is 27.4 Å². The topological polar surface area (TPSA) is 41.8 Å². The second-order valence-electron chi connectivity index (χ2n) is 5.90. The fourth-order valence-corrected chi connectivity index (χ4v) is 3.24. The highest BCUT2D eigenvalue weighted by atomic mass is 35.5. The van der Waals surface area contributed by atoms with Crippen molar-refractivity contribution in [1.82, 2.24) is 4.57 Å². The summed E-state index contributed by atoms with van der Waals surface area (Å²) in [6, 6.07) is 15.7. The van der Waals surface area contributed by atoms with E-state index in [2.05, 4.69) is 66.2 Å². The third-order valence-corrected chi connectivity index (χ3v) is 4.60. The van der Waals surface area contributed by atoms with Gasteiger partial charge in [-0.25, -0.2) is 0 Å². The molecule has 0 aliphatic heterocycles. The Hall–Kier alpha value is -1.55. The molecule has 3 N–H and O–H groups in total. The van der Waals surface area contributed by atoms with Gasteiger partial charge in [0.2, 0.25) is 0 Å². The molecule has 0 spiro atoms. The number of quaternary nitrogens is 1. The monoisotopic (exact) mass is 332 g/mol. The zero-order chi connectivity index (χ0) is 15.5. The van der Waals surface area contributed by atoms with Crippen molar-refractivity contribution in [3.05, 3.63) is 48.0 Å². The van der Waals surface area contributed by atoms with Crippen LogP contribution in [0.25, 0.3) is 21.8 Å². The van der Waals surface area contributed by atoms with E-state index in [0.717, 1.165) is 19.5 Å². The standard InChI is InChI=1S/C19H24N2O.ClH/c1-3-15(13-22)20-12-14-9-10-19-17(11-14)16-7-5-6-8-18(16)21(19)4-2;/h5-11,15,20,22H,3-4,12-13H2,1-2H3;1H. The van der Waals surface area contributed by atoms with Crippen LogP contribution < -0.4 is 17.7 Å². The van der Waals surface area contributed by atoms with Gasteiger partial charge in [-0.2, -0.15) is 0 Å². The number of hydrogen-bond acceptors (Lipinski definition) is 1. The van der Waals surface area contributed by atoms with Crippen LogP contribution in [0.3, 0.4) is 0 Å². The van der Waals surface area contributed by atoms with Crippen LogP contribution in [-0.2, 0) is 13.1 Å². The highest BCUT2D eigenvalue weighted by Crippen LogP contribution is 2.29. The Balaban J connectivity index is 0.00000192. The van der Waals surface area contributed by atoms with Crippen LogP contribution >= 0.6 is 0 Å². The van der Waals surface area contributed by atoms with Gasteiger partial charge in [-0.15, -0.1) is 0 Å². The number of nitrogens with two attached hydrogens (primary N) is 1. The zero-order valence-electron chi connectivity index (χ0n) is 13.8. The van der Waals surface area contributed by atoms with Crippen LogP contribution in [0.2, 0.25) is 0 Å². The predicted octanol–water partition coefficient (Wildman–Crippen LogP) is -0.347. The third kappa shape index (κ3) is 3.37. The Kier molecular flexibility index (Phi) is 6.05. The number of aryl methyl sites for hydroxylation is 1. The molecule has 1 atom stereocenters. The summed E-state index contributed by atoms with van der Waals surface area (Å²) < 4.78 is 2.38.